The highest BCUT2D eigenvalue weighted by Crippen LogP contribution is 2.43. The van der Waals surface area contributed by atoms with Crippen LogP contribution in [0.25, 0.3) is 0 Å². The molecule has 0 radical (unpaired) electrons. The second kappa shape index (κ2) is 6.52. The first-order valence-electron chi connectivity index (χ1n) is 8.19. The molecule has 0 bridgehead atoms. The molecule has 0 aromatic heterocycles. The number of benzene rings is 1. The highest BCUT2D eigenvalue weighted by atomic mass is 32.2. The zero-order chi connectivity index (χ0) is 17.5. The fourth-order valence-electron chi connectivity index (χ4n) is 3.23. The number of hydrogen-bond acceptors (Lipinski definition) is 4. The number of hydrogen-bond donors (Lipinski definition) is 0. The van der Waals surface area contributed by atoms with Crippen molar-refractivity contribution in [3.63, 3.8) is 0 Å². The van der Waals surface area contributed by atoms with E-state index in [9.17, 15) is 13.2 Å². The molecule has 130 valence electrons. The third-order valence-corrected chi connectivity index (χ3v) is 7.62. The van der Waals surface area contributed by atoms with E-state index in [0.29, 0.717) is 17.5 Å². The Morgan fingerprint density at radius 3 is 2.71 bits per heavy atom. The van der Waals surface area contributed by atoms with Crippen molar-refractivity contribution in [3.8, 4) is 0 Å². The number of anilines is 1. The summed E-state index contributed by atoms with van der Waals surface area (Å²) in [5.74, 6) is 0.400. The maximum atomic E-state index is 12.1. The molecule has 0 spiro atoms. The van der Waals surface area contributed by atoms with Crippen LogP contribution in [0, 0.1) is 0 Å². The third-order valence-electron chi connectivity index (χ3n) is 4.41. The first-order chi connectivity index (χ1) is 11.3. The van der Waals surface area contributed by atoms with E-state index in [1.165, 1.54) is 11.8 Å². The monoisotopic (exact) mass is 366 g/mol. The van der Waals surface area contributed by atoms with Gasteiger partial charge >= 0.3 is 0 Å². The van der Waals surface area contributed by atoms with E-state index in [4.69, 9.17) is 0 Å². The van der Waals surface area contributed by atoms with Crippen molar-refractivity contribution in [2.75, 3.05) is 16.4 Å². The molecule has 2 heterocycles. The Morgan fingerprint density at radius 2 is 2.04 bits per heavy atom. The number of amidine groups is 1. The summed E-state index contributed by atoms with van der Waals surface area (Å²) in [5, 5.41) is 0.582. The molecule has 0 saturated carbocycles. The first-order valence-corrected chi connectivity index (χ1v) is 10.9. The van der Waals surface area contributed by atoms with Gasteiger partial charge in [0.15, 0.2) is 15.0 Å². The Labute approximate surface area is 147 Å². The van der Waals surface area contributed by atoms with Crippen molar-refractivity contribution in [1.29, 1.82) is 0 Å². The average molecular weight is 367 g/mol. The molecule has 2 aliphatic heterocycles. The highest BCUT2D eigenvalue weighted by Gasteiger charge is 2.49. The lowest BCUT2D eigenvalue weighted by Crippen LogP contribution is -2.38. The minimum Gasteiger partial charge on any atom is -0.315 e. The van der Waals surface area contributed by atoms with Crippen molar-refractivity contribution in [3.05, 3.63) is 29.8 Å². The molecule has 3 rings (SSSR count). The summed E-state index contributed by atoms with van der Waals surface area (Å²) < 4.78 is 24.2. The van der Waals surface area contributed by atoms with Gasteiger partial charge in [-0.15, -0.1) is 0 Å². The van der Waals surface area contributed by atoms with Gasteiger partial charge in [0.2, 0.25) is 5.91 Å². The molecule has 0 unspecified atom stereocenters. The minimum absolute atomic E-state index is 0.0568. The third kappa shape index (κ3) is 3.24. The maximum Gasteiger partial charge on any atom is 0.247 e. The zero-order valence-corrected chi connectivity index (χ0v) is 15.7. The van der Waals surface area contributed by atoms with E-state index in [0.717, 1.165) is 11.3 Å². The van der Waals surface area contributed by atoms with Gasteiger partial charge in [0, 0.05) is 17.4 Å². The average Bonchev–Trinajstić information content (AvgIpc) is 2.97. The van der Waals surface area contributed by atoms with E-state index >= 15 is 0 Å². The molecule has 0 N–H and O–H groups in total. The molecule has 1 aromatic carbocycles. The summed E-state index contributed by atoms with van der Waals surface area (Å²) in [4.78, 5) is 18.1. The smallest absolute Gasteiger partial charge is 0.247 e. The predicted octanol–water partition coefficient (Wildman–Crippen LogP) is 2.82. The molecule has 2 aliphatic rings. The lowest BCUT2D eigenvalue weighted by molar-refractivity contribution is -0.117. The van der Waals surface area contributed by atoms with E-state index in [1.807, 2.05) is 23.1 Å². The van der Waals surface area contributed by atoms with Crippen molar-refractivity contribution >= 4 is 38.4 Å². The van der Waals surface area contributed by atoms with Crippen LogP contribution >= 0.6 is 11.8 Å². The molecule has 2 atom stereocenters. The molecule has 7 heteroatoms. The number of fused-ring (bicyclic) bond motifs is 1. The van der Waals surface area contributed by atoms with Crippen molar-refractivity contribution in [2.45, 2.75) is 44.4 Å². The van der Waals surface area contributed by atoms with Gasteiger partial charge in [-0.05, 0) is 17.5 Å². The van der Waals surface area contributed by atoms with Crippen LogP contribution < -0.4 is 4.90 Å². The van der Waals surface area contributed by atoms with Crippen LogP contribution in [0.1, 0.15) is 38.7 Å². The second-order valence-corrected chi connectivity index (χ2v) is 9.89. The summed E-state index contributed by atoms with van der Waals surface area (Å²) in [6.45, 7) is 6.00. The van der Waals surface area contributed by atoms with Crippen LogP contribution in [0.15, 0.2) is 29.3 Å². The molecule has 1 amide bonds. The minimum atomic E-state index is -3.04. The van der Waals surface area contributed by atoms with E-state index in [2.05, 4.69) is 24.9 Å². The number of amides is 1. The van der Waals surface area contributed by atoms with Gasteiger partial charge in [-0.1, -0.05) is 50.7 Å². The van der Waals surface area contributed by atoms with Gasteiger partial charge in [-0.3, -0.25) is 4.79 Å². The van der Waals surface area contributed by atoms with E-state index in [-0.39, 0.29) is 28.7 Å². The van der Waals surface area contributed by atoms with Crippen molar-refractivity contribution < 1.29 is 13.2 Å². The number of sulfone groups is 1. The van der Waals surface area contributed by atoms with Gasteiger partial charge < -0.3 is 4.90 Å². The SMILES string of the molecule is CCC(=O)N=C1S[C@@H]2CS(=O)(=O)C[C@H]2N1c1ccccc1C(C)C. The fourth-order valence-corrected chi connectivity index (χ4v) is 7.15. The maximum absolute atomic E-state index is 12.1. The van der Waals surface area contributed by atoms with E-state index < -0.39 is 9.84 Å². The normalized spacial score (nSPS) is 27.0. The summed E-state index contributed by atoms with van der Waals surface area (Å²) in [6, 6.07) is 7.83. The molecule has 24 heavy (non-hydrogen) atoms. The number of rotatable bonds is 3. The molecule has 5 nitrogen and oxygen atoms in total. The van der Waals surface area contributed by atoms with Crippen LogP contribution in [-0.2, 0) is 14.6 Å². The van der Waals surface area contributed by atoms with Crippen LogP contribution in [0.4, 0.5) is 5.69 Å². The zero-order valence-electron chi connectivity index (χ0n) is 14.1. The molecular weight excluding hydrogens is 344 g/mol. The van der Waals surface area contributed by atoms with E-state index in [1.54, 1.807) is 6.92 Å². The van der Waals surface area contributed by atoms with Crippen LogP contribution in [0.2, 0.25) is 0 Å². The molecule has 1 aromatic rings. The van der Waals surface area contributed by atoms with Crippen molar-refractivity contribution in [2.24, 2.45) is 4.99 Å². The number of carbonyl (C=O) groups excluding carboxylic acids is 1. The number of para-hydroxylation sites is 1. The molecule has 2 fully saturated rings. The van der Waals surface area contributed by atoms with Gasteiger partial charge in [-0.2, -0.15) is 4.99 Å². The highest BCUT2D eigenvalue weighted by molar-refractivity contribution is 8.16. The van der Waals surface area contributed by atoms with Gasteiger partial charge in [-0.25, -0.2) is 8.42 Å². The van der Waals surface area contributed by atoms with Crippen LogP contribution in [-0.4, -0.2) is 42.3 Å². The number of carbonyl (C=O) groups is 1. The molecular formula is C17H22N2O3S2. The van der Waals surface area contributed by atoms with Crippen LogP contribution in [0.3, 0.4) is 0 Å². The van der Waals surface area contributed by atoms with Gasteiger partial charge in [0.25, 0.3) is 0 Å². The van der Waals surface area contributed by atoms with Crippen LogP contribution in [0.5, 0.6) is 0 Å². The van der Waals surface area contributed by atoms with Gasteiger partial charge in [0.05, 0.1) is 17.5 Å². The quantitative estimate of drug-likeness (QED) is 0.823. The van der Waals surface area contributed by atoms with Gasteiger partial charge in [0.1, 0.15) is 0 Å². The largest absolute Gasteiger partial charge is 0.315 e. The van der Waals surface area contributed by atoms with Crippen molar-refractivity contribution in [1.82, 2.24) is 0 Å². The fraction of sp³-hybridized carbons (Fsp3) is 0.529. The standard InChI is InChI=1S/C17H22N2O3S2/c1-4-16(20)18-17-19(13-8-6-5-7-12(13)11(2)3)14-9-24(21,22)10-15(14)23-17/h5-8,11,14-15H,4,9-10H2,1-3H3/t14-,15-/m1/s1. The Kier molecular flexibility index (Phi) is 4.75. The second-order valence-electron chi connectivity index (χ2n) is 6.53. The number of thioether (sulfide) groups is 1. The lowest BCUT2D eigenvalue weighted by atomic mass is 9.99. The molecule has 2 saturated heterocycles. The Bertz CT molecular complexity index is 787. The topological polar surface area (TPSA) is 66.8 Å². The summed E-state index contributed by atoms with van der Waals surface area (Å²) in [7, 11) is -3.04. The first kappa shape index (κ1) is 17.5. The predicted molar refractivity (Wildman–Crippen MR) is 99.6 cm³/mol. The summed E-state index contributed by atoms with van der Waals surface area (Å²) in [6.07, 6.45) is 0.345. The Balaban J connectivity index is 2.09. The summed E-state index contributed by atoms with van der Waals surface area (Å²) in [5.41, 5.74) is 2.10. The number of aliphatic imine (C=N–C) groups is 1. The summed E-state index contributed by atoms with van der Waals surface area (Å²) >= 11 is 1.43. The Morgan fingerprint density at radius 1 is 1.33 bits per heavy atom. The number of nitrogens with zero attached hydrogens (tertiary/aromatic N) is 2. The Hall–Kier alpha value is -1.34. The lowest BCUT2D eigenvalue weighted by Gasteiger charge is -2.28. The molecule has 0 aliphatic carbocycles.